The molecule has 0 aliphatic carbocycles. The first-order valence-electron chi connectivity index (χ1n) is 12.8. The van der Waals surface area contributed by atoms with Crippen LogP contribution in [0.15, 0.2) is 127 Å². The summed E-state index contributed by atoms with van der Waals surface area (Å²) in [5.74, 6) is 0. The second kappa shape index (κ2) is 9.79. The average molecular weight is 476 g/mol. The van der Waals surface area contributed by atoms with Gasteiger partial charge < -0.3 is 4.90 Å². The number of nitrogens with zero attached hydrogens (tertiary/aromatic N) is 1. The number of rotatable bonds is 5. The smallest absolute Gasteiger partial charge is 0.0462 e. The maximum Gasteiger partial charge on any atom is 0.0462 e. The van der Waals surface area contributed by atoms with Crippen LogP contribution in [0.25, 0.3) is 33.7 Å². The van der Waals surface area contributed by atoms with Gasteiger partial charge in [0, 0.05) is 17.1 Å². The lowest BCUT2D eigenvalue weighted by molar-refractivity contribution is 1.27. The van der Waals surface area contributed by atoms with Crippen LogP contribution in [-0.4, -0.2) is 0 Å². The minimum absolute atomic E-state index is 1.14. The number of fused-ring (bicyclic) bond motifs is 2. The zero-order chi connectivity index (χ0) is 25.2. The molecule has 0 aliphatic rings. The van der Waals surface area contributed by atoms with E-state index in [9.17, 15) is 0 Å². The molecule has 0 bridgehead atoms. The monoisotopic (exact) mass is 475 g/mol. The number of anilines is 3. The topological polar surface area (TPSA) is 3.24 Å². The minimum Gasteiger partial charge on any atom is -0.311 e. The molecule has 0 unspecified atom stereocenters. The molecule has 0 saturated heterocycles. The van der Waals surface area contributed by atoms with Gasteiger partial charge in [0.25, 0.3) is 0 Å². The first kappa shape index (κ1) is 22.8. The van der Waals surface area contributed by atoms with E-state index in [1.165, 1.54) is 43.8 Å². The van der Waals surface area contributed by atoms with Gasteiger partial charge in [-0.3, -0.25) is 0 Å². The first-order valence-corrected chi connectivity index (χ1v) is 12.8. The molecule has 6 rings (SSSR count). The quantitative estimate of drug-likeness (QED) is 0.177. The van der Waals surface area contributed by atoms with Crippen molar-refractivity contribution in [1.29, 1.82) is 0 Å². The standard InChI is InChI=1S/C36H29N/c1-26-7-17-34(18-8-26)37(35-19-9-27(2)10-20-35)36-21-14-28(15-22-36)11-12-29-13-16-32-24-30-5-3-4-6-31(30)25-33(32)23-29/h3-25H,1-2H3/b12-11-. The highest BCUT2D eigenvalue weighted by Crippen LogP contribution is 2.35. The third-order valence-electron chi connectivity index (χ3n) is 6.93. The molecule has 0 N–H and O–H groups in total. The van der Waals surface area contributed by atoms with Crippen LogP contribution in [0.2, 0.25) is 0 Å². The summed E-state index contributed by atoms with van der Waals surface area (Å²) < 4.78 is 0. The Morgan fingerprint density at radius 3 is 1.41 bits per heavy atom. The fraction of sp³-hybridized carbons (Fsp3) is 0.0556. The lowest BCUT2D eigenvalue weighted by atomic mass is 10.0. The van der Waals surface area contributed by atoms with E-state index in [1.807, 2.05) is 0 Å². The Hall–Kier alpha value is -4.62. The van der Waals surface area contributed by atoms with Gasteiger partial charge in [0.15, 0.2) is 0 Å². The zero-order valence-corrected chi connectivity index (χ0v) is 21.2. The summed E-state index contributed by atoms with van der Waals surface area (Å²) in [6, 6.07) is 46.0. The van der Waals surface area contributed by atoms with Crippen molar-refractivity contribution < 1.29 is 0 Å². The van der Waals surface area contributed by atoms with Gasteiger partial charge in [-0.25, -0.2) is 0 Å². The molecule has 0 heterocycles. The van der Waals surface area contributed by atoms with Crippen molar-refractivity contribution in [2.24, 2.45) is 0 Å². The lowest BCUT2D eigenvalue weighted by Gasteiger charge is -2.25. The Labute approximate surface area is 218 Å². The van der Waals surface area contributed by atoms with Gasteiger partial charge in [0.2, 0.25) is 0 Å². The van der Waals surface area contributed by atoms with Gasteiger partial charge in [-0.05, 0) is 101 Å². The van der Waals surface area contributed by atoms with E-state index in [4.69, 9.17) is 0 Å². The van der Waals surface area contributed by atoms with E-state index in [1.54, 1.807) is 0 Å². The average Bonchev–Trinajstić information content (AvgIpc) is 2.93. The van der Waals surface area contributed by atoms with E-state index in [0.717, 1.165) is 17.1 Å². The summed E-state index contributed by atoms with van der Waals surface area (Å²) in [7, 11) is 0. The molecule has 0 radical (unpaired) electrons. The van der Waals surface area contributed by atoms with E-state index in [2.05, 4.69) is 158 Å². The summed E-state index contributed by atoms with van der Waals surface area (Å²) in [6.45, 7) is 4.25. The highest BCUT2D eigenvalue weighted by molar-refractivity contribution is 5.99. The molecule has 0 atom stereocenters. The van der Waals surface area contributed by atoms with Crippen molar-refractivity contribution in [3.63, 3.8) is 0 Å². The van der Waals surface area contributed by atoms with E-state index in [0.29, 0.717) is 0 Å². The number of hydrogen-bond acceptors (Lipinski definition) is 1. The maximum atomic E-state index is 2.31. The summed E-state index contributed by atoms with van der Waals surface area (Å²) in [6.07, 6.45) is 4.38. The predicted molar refractivity (Wildman–Crippen MR) is 161 cm³/mol. The van der Waals surface area contributed by atoms with Crippen molar-refractivity contribution in [3.8, 4) is 0 Å². The molecule has 0 saturated carbocycles. The molecule has 0 aromatic heterocycles. The van der Waals surface area contributed by atoms with E-state index in [-0.39, 0.29) is 0 Å². The van der Waals surface area contributed by atoms with E-state index < -0.39 is 0 Å². The first-order chi connectivity index (χ1) is 18.1. The van der Waals surface area contributed by atoms with Crippen molar-refractivity contribution in [2.75, 3.05) is 4.90 Å². The van der Waals surface area contributed by atoms with Gasteiger partial charge >= 0.3 is 0 Å². The van der Waals surface area contributed by atoms with Gasteiger partial charge in [-0.15, -0.1) is 0 Å². The molecule has 6 aromatic carbocycles. The predicted octanol–water partition coefficient (Wildman–Crippen LogP) is 10.3. The largest absolute Gasteiger partial charge is 0.311 e. The number of benzene rings is 6. The zero-order valence-electron chi connectivity index (χ0n) is 21.2. The van der Waals surface area contributed by atoms with Crippen LogP contribution in [0.4, 0.5) is 17.1 Å². The summed E-state index contributed by atoms with van der Waals surface area (Å²) in [5, 5.41) is 5.10. The van der Waals surface area contributed by atoms with Crippen LogP contribution in [0, 0.1) is 13.8 Å². The Morgan fingerprint density at radius 2 is 0.838 bits per heavy atom. The SMILES string of the molecule is Cc1ccc(N(c2ccc(C)cc2)c2ccc(/C=C\c3ccc4cc5ccccc5cc4c3)cc2)cc1. The molecular formula is C36H29N. The lowest BCUT2D eigenvalue weighted by Crippen LogP contribution is -2.09. The highest BCUT2D eigenvalue weighted by Gasteiger charge is 2.12. The number of hydrogen-bond donors (Lipinski definition) is 0. The molecular weight excluding hydrogens is 446 g/mol. The maximum absolute atomic E-state index is 2.31. The third kappa shape index (κ3) is 4.90. The van der Waals surface area contributed by atoms with Gasteiger partial charge in [-0.1, -0.05) is 96.1 Å². The summed E-state index contributed by atoms with van der Waals surface area (Å²) in [4.78, 5) is 2.31. The molecule has 0 fully saturated rings. The Balaban J connectivity index is 1.29. The van der Waals surface area contributed by atoms with Crippen molar-refractivity contribution in [3.05, 3.63) is 150 Å². The second-order valence-corrected chi connectivity index (χ2v) is 9.74. The minimum atomic E-state index is 1.14. The Bertz CT molecular complexity index is 1660. The normalized spacial score (nSPS) is 11.4. The summed E-state index contributed by atoms with van der Waals surface area (Å²) in [5.41, 5.74) is 8.35. The van der Waals surface area contributed by atoms with Gasteiger partial charge in [0.05, 0.1) is 0 Å². The van der Waals surface area contributed by atoms with Crippen molar-refractivity contribution >= 4 is 50.8 Å². The van der Waals surface area contributed by atoms with Gasteiger partial charge in [-0.2, -0.15) is 0 Å². The van der Waals surface area contributed by atoms with Crippen LogP contribution < -0.4 is 4.90 Å². The molecule has 6 aromatic rings. The van der Waals surface area contributed by atoms with Crippen molar-refractivity contribution in [2.45, 2.75) is 13.8 Å². The fourth-order valence-electron chi connectivity index (χ4n) is 4.82. The molecule has 0 spiro atoms. The third-order valence-corrected chi connectivity index (χ3v) is 6.93. The molecule has 0 aliphatic heterocycles. The number of aryl methyl sites for hydroxylation is 2. The molecule has 1 nitrogen and oxygen atoms in total. The van der Waals surface area contributed by atoms with E-state index >= 15 is 0 Å². The van der Waals surface area contributed by atoms with Crippen LogP contribution in [-0.2, 0) is 0 Å². The Kier molecular flexibility index (Phi) is 6.04. The van der Waals surface area contributed by atoms with Crippen molar-refractivity contribution in [1.82, 2.24) is 0 Å². The Morgan fingerprint density at radius 1 is 0.405 bits per heavy atom. The summed E-state index contributed by atoms with van der Waals surface area (Å²) >= 11 is 0. The van der Waals surface area contributed by atoms with Crippen LogP contribution >= 0.6 is 0 Å². The molecule has 1 heteroatoms. The molecule has 37 heavy (non-hydrogen) atoms. The van der Waals surface area contributed by atoms with Crippen LogP contribution in [0.1, 0.15) is 22.3 Å². The van der Waals surface area contributed by atoms with Crippen LogP contribution in [0.3, 0.4) is 0 Å². The molecule has 178 valence electrons. The second-order valence-electron chi connectivity index (χ2n) is 9.74. The molecule has 0 amide bonds. The fourth-order valence-corrected chi connectivity index (χ4v) is 4.82. The highest BCUT2D eigenvalue weighted by atomic mass is 15.1. The van der Waals surface area contributed by atoms with Gasteiger partial charge in [0.1, 0.15) is 0 Å². The van der Waals surface area contributed by atoms with Crippen LogP contribution in [0.5, 0.6) is 0 Å².